The van der Waals surface area contributed by atoms with Crippen molar-refractivity contribution in [3.63, 3.8) is 0 Å². The fourth-order valence-electron chi connectivity index (χ4n) is 3.06. The summed E-state index contributed by atoms with van der Waals surface area (Å²) in [4.78, 5) is 26.5. The maximum atomic E-state index is 12.7. The molecule has 1 aromatic heterocycles. The fourth-order valence-corrected chi connectivity index (χ4v) is 4.57. The minimum atomic E-state index is -0.305. The Hall–Kier alpha value is -1.89. The SMILES string of the molecule is COCCNC(=O)c1c(NC(=O)c2ccccc2Cl)sc2c1CCCC2. The number of carbonyl (C=O) groups excluding carboxylic acids is 2. The molecule has 0 saturated carbocycles. The molecule has 1 aliphatic carbocycles. The van der Waals surface area contributed by atoms with Crippen LogP contribution < -0.4 is 10.6 Å². The summed E-state index contributed by atoms with van der Waals surface area (Å²) in [6.45, 7) is 0.872. The molecule has 2 aromatic rings. The van der Waals surface area contributed by atoms with Crippen LogP contribution in [0.1, 0.15) is 44.0 Å². The minimum Gasteiger partial charge on any atom is -0.383 e. The van der Waals surface area contributed by atoms with E-state index in [1.54, 1.807) is 31.4 Å². The summed E-state index contributed by atoms with van der Waals surface area (Å²) in [6.07, 6.45) is 3.97. The zero-order valence-corrected chi connectivity index (χ0v) is 16.1. The van der Waals surface area contributed by atoms with Gasteiger partial charge in [0.25, 0.3) is 11.8 Å². The lowest BCUT2D eigenvalue weighted by Gasteiger charge is -2.13. The first kappa shape index (κ1) is 18.9. The van der Waals surface area contributed by atoms with Gasteiger partial charge in [0.1, 0.15) is 5.00 Å². The molecule has 138 valence electrons. The predicted octanol–water partition coefficient (Wildman–Crippen LogP) is 3.91. The molecule has 7 heteroatoms. The zero-order chi connectivity index (χ0) is 18.5. The van der Waals surface area contributed by atoms with Gasteiger partial charge in [0, 0.05) is 18.5 Å². The van der Waals surface area contributed by atoms with Gasteiger partial charge in [-0.05, 0) is 43.4 Å². The van der Waals surface area contributed by atoms with Crippen molar-refractivity contribution in [2.24, 2.45) is 0 Å². The number of carbonyl (C=O) groups is 2. The minimum absolute atomic E-state index is 0.170. The van der Waals surface area contributed by atoms with Crippen LogP contribution in [0, 0.1) is 0 Å². The van der Waals surface area contributed by atoms with Crippen LogP contribution in [0.25, 0.3) is 0 Å². The van der Waals surface area contributed by atoms with Gasteiger partial charge >= 0.3 is 0 Å². The first-order valence-corrected chi connectivity index (χ1v) is 9.78. The number of methoxy groups -OCH3 is 1. The number of aryl methyl sites for hydroxylation is 1. The van der Waals surface area contributed by atoms with Crippen LogP contribution in [-0.4, -0.2) is 32.1 Å². The maximum absolute atomic E-state index is 12.7. The van der Waals surface area contributed by atoms with Crippen LogP contribution in [0.5, 0.6) is 0 Å². The van der Waals surface area contributed by atoms with Crippen molar-refractivity contribution in [1.29, 1.82) is 0 Å². The second kappa shape index (κ2) is 8.66. The number of halogens is 1. The van der Waals surface area contributed by atoms with Gasteiger partial charge in [0.05, 0.1) is 22.8 Å². The summed E-state index contributed by atoms with van der Waals surface area (Å²) in [6, 6.07) is 6.88. The topological polar surface area (TPSA) is 67.4 Å². The van der Waals surface area contributed by atoms with Crippen molar-refractivity contribution in [1.82, 2.24) is 5.32 Å². The molecule has 2 amide bonds. The molecular formula is C19H21ClN2O3S. The van der Waals surface area contributed by atoms with Crippen molar-refractivity contribution in [2.75, 3.05) is 25.6 Å². The summed E-state index contributed by atoms with van der Waals surface area (Å²) >= 11 is 7.61. The Morgan fingerprint density at radius 3 is 2.73 bits per heavy atom. The van der Waals surface area contributed by atoms with E-state index >= 15 is 0 Å². The molecule has 0 fully saturated rings. The lowest BCUT2D eigenvalue weighted by Crippen LogP contribution is -2.28. The molecule has 26 heavy (non-hydrogen) atoms. The summed E-state index contributed by atoms with van der Waals surface area (Å²) < 4.78 is 4.99. The van der Waals surface area contributed by atoms with Crippen LogP contribution in [-0.2, 0) is 17.6 Å². The number of fused-ring (bicyclic) bond motifs is 1. The summed E-state index contributed by atoms with van der Waals surface area (Å²) in [7, 11) is 1.59. The number of amides is 2. The average molecular weight is 393 g/mol. The van der Waals surface area contributed by atoms with Crippen LogP contribution in [0.2, 0.25) is 5.02 Å². The van der Waals surface area contributed by atoms with Gasteiger partial charge in [-0.25, -0.2) is 0 Å². The van der Waals surface area contributed by atoms with E-state index in [2.05, 4.69) is 10.6 Å². The molecule has 2 N–H and O–H groups in total. The average Bonchev–Trinajstić information content (AvgIpc) is 3.00. The van der Waals surface area contributed by atoms with Gasteiger partial charge in [0.2, 0.25) is 0 Å². The molecule has 0 bridgehead atoms. The van der Waals surface area contributed by atoms with Crippen LogP contribution >= 0.6 is 22.9 Å². The Morgan fingerprint density at radius 2 is 1.96 bits per heavy atom. The standard InChI is InChI=1S/C19H21ClN2O3S/c1-25-11-10-21-18(24)16-13-7-3-5-9-15(13)26-19(16)22-17(23)12-6-2-4-8-14(12)20/h2,4,6,8H,3,5,7,9-11H2,1H3,(H,21,24)(H,22,23). The third-order valence-electron chi connectivity index (χ3n) is 4.34. The third-order valence-corrected chi connectivity index (χ3v) is 5.87. The van der Waals surface area contributed by atoms with Gasteiger partial charge in [-0.1, -0.05) is 23.7 Å². The maximum Gasteiger partial charge on any atom is 0.257 e. The van der Waals surface area contributed by atoms with E-state index in [1.165, 1.54) is 16.2 Å². The van der Waals surface area contributed by atoms with Gasteiger partial charge in [-0.15, -0.1) is 11.3 Å². The number of hydrogen-bond acceptors (Lipinski definition) is 4. The summed E-state index contributed by atoms with van der Waals surface area (Å²) in [5, 5.41) is 6.75. The molecule has 0 aliphatic heterocycles. The van der Waals surface area contributed by atoms with Crippen LogP contribution in [0.3, 0.4) is 0 Å². The number of benzene rings is 1. The van der Waals surface area contributed by atoms with Gasteiger partial charge in [0.15, 0.2) is 0 Å². The smallest absolute Gasteiger partial charge is 0.257 e. The van der Waals surface area contributed by atoms with Crippen molar-refractivity contribution in [3.8, 4) is 0 Å². The molecule has 5 nitrogen and oxygen atoms in total. The lowest BCUT2D eigenvalue weighted by atomic mass is 9.95. The number of hydrogen-bond donors (Lipinski definition) is 2. The van der Waals surface area contributed by atoms with E-state index < -0.39 is 0 Å². The van der Waals surface area contributed by atoms with Crippen LogP contribution in [0.4, 0.5) is 5.00 Å². The second-order valence-corrected chi connectivity index (χ2v) is 7.61. The first-order chi connectivity index (χ1) is 12.6. The molecule has 1 aromatic carbocycles. The Bertz CT molecular complexity index is 819. The first-order valence-electron chi connectivity index (χ1n) is 8.59. The molecule has 3 rings (SSSR count). The van der Waals surface area contributed by atoms with Crippen molar-refractivity contribution >= 4 is 39.8 Å². The molecular weight excluding hydrogens is 372 g/mol. The van der Waals surface area contributed by atoms with Gasteiger partial charge in [-0.3, -0.25) is 9.59 Å². The van der Waals surface area contributed by atoms with Crippen LogP contribution in [0.15, 0.2) is 24.3 Å². The van der Waals surface area contributed by atoms with E-state index in [9.17, 15) is 9.59 Å². The Morgan fingerprint density at radius 1 is 1.19 bits per heavy atom. The molecule has 0 atom stereocenters. The van der Waals surface area contributed by atoms with Gasteiger partial charge < -0.3 is 15.4 Å². The van der Waals surface area contributed by atoms with Crippen molar-refractivity contribution in [3.05, 3.63) is 50.9 Å². The molecule has 0 unspecified atom stereocenters. The largest absolute Gasteiger partial charge is 0.383 e. The van der Waals surface area contributed by atoms with Crippen molar-refractivity contribution in [2.45, 2.75) is 25.7 Å². The molecule has 0 spiro atoms. The number of rotatable bonds is 6. The fraction of sp³-hybridized carbons (Fsp3) is 0.368. The highest BCUT2D eigenvalue weighted by Crippen LogP contribution is 2.38. The molecule has 1 heterocycles. The Kier molecular flexibility index (Phi) is 6.29. The number of thiophene rings is 1. The zero-order valence-electron chi connectivity index (χ0n) is 14.6. The summed E-state index contributed by atoms with van der Waals surface area (Å²) in [5.41, 5.74) is 2.04. The van der Waals surface area contributed by atoms with E-state index in [0.29, 0.717) is 34.3 Å². The quantitative estimate of drug-likeness (QED) is 0.732. The lowest BCUT2D eigenvalue weighted by molar-refractivity contribution is 0.0937. The Labute approximate surface area is 161 Å². The van der Waals surface area contributed by atoms with E-state index in [0.717, 1.165) is 31.2 Å². The normalized spacial score (nSPS) is 13.2. The highest BCUT2D eigenvalue weighted by molar-refractivity contribution is 7.17. The molecule has 0 saturated heterocycles. The van der Waals surface area contributed by atoms with Crippen molar-refractivity contribution < 1.29 is 14.3 Å². The summed E-state index contributed by atoms with van der Waals surface area (Å²) in [5.74, 6) is -0.476. The Balaban J connectivity index is 1.88. The third kappa shape index (κ3) is 4.09. The molecule has 0 radical (unpaired) electrons. The number of nitrogens with one attached hydrogen (secondary N) is 2. The highest BCUT2D eigenvalue weighted by atomic mass is 35.5. The van der Waals surface area contributed by atoms with E-state index in [4.69, 9.17) is 16.3 Å². The van der Waals surface area contributed by atoms with E-state index in [-0.39, 0.29) is 11.8 Å². The number of anilines is 1. The van der Waals surface area contributed by atoms with E-state index in [1.807, 2.05) is 0 Å². The second-order valence-electron chi connectivity index (χ2n) is 6.10. The predicted molar refractivity (Wildman–Crippen MR) is 105 cm³/mol. The monoisotopic (exact) mass is 392 g/mol. The van der Waals surface area contributed by atoms with Gasteiger partial charge in [-0.2, -0.15) is 0 Å². The highest BCUT2D eigenvalue weighted by Gasteiger charge is 2.26. The number of ether oxygens (including phenoxy) is 1. The molecule has 1 aliphatic rings.